The number of aliphatic imine (C=N–C) groups is 1. The molecule has 0 radical (unpaired) electrons. The summed E-state index contributed by atoms with van der Waals surface area (Å²) in [5.74, 6) is 1.60. The van der Waals surface area contributed by atoms with Crippen LogP contribution in [0.2, 0.25) is 0 Å². The van der Waals surface area contributed by atoms with Gasteiger partial charge in [0.15, 0.2) is 5.96 Å². The summed E-state index contributed by atoms with van der Waals surface area (Å²) in [5, 5.41) is 6.78. The van der Waals surface area contributed by atoms with Crippen LogP contribution in [0, 0.1) is 11.3 Å². The van der Waals surface area contributed by atoms with Crippen LogP contribution < -0.4 is 10.6 Å². The predicted octanol–water partition coefficient (Wildman–Crippen LogP) is 3.34. The molecule has 0 bridgehead atoms. The lowest BCUT2D eigenvalue weighted by molar-refractivity contribution is 0.286. The molecule has 0 aliphatic carbocycles. The third-order valence-corrected chi connectivity index (χ3v) is 3.25. The van der Waals surface area contributed by atoms with E-state index < -0.39 is 0 Å². The third-order valence-electron chi connectivity index (χ3n) is 3.25. The molecule has 0 atom stereocenters. The van der Waals surface area contributed by atoms with Crippen LogP contribution in [0.15, 0.2) is 29.5 Å². The van der Waals surface area contributed by atoms with E-state index in [0.717, 1.165) is 31.5 Å². The van der Waals surface area contributed by atoms with Gasteiger partial charge >= 0.3 is 0 Å². The van der Waals surface area contributed by atoms with Gasteiger partial charge in [0.05, 0.1) is 0 Å². The van der Waals surface area contributed by atoms with E-state index in [1.807, 2.05) is 19.2 Å². The highest BCUT2D eigenvalue weighted by Crippen LogP contribution is 2.23. The molecule has 1 heterocycles. The molecule has 0 saturated heterocycles. The topological polar surface area (TPSA) is 41.4 Å². The zero-order valence-electron chi connectivity index (χ0n) is 14.0. The average molecular weight is 406 g/mol. The van der Waals surface area contributed by atoms with Crippen LogP contribution in [0.1, 0.15) is 34.1 Å². The van der Waals surface area contributed by atoms with Crippen molar-refractivity contribution in [2.75, 3.05) is 20.1 Å². The van der Waals surface area contributed by atoms with Crippen molar-refractivity contribution >= 4 is 29.9 Å². The lowest BCUT2D eigenvalue weighted by atomic mass is 9.84. The molecular weight excluding hydrogens is 375 g/mol. The minimum Gasteiger partial charge on any atom is -0.356 e. The Morgan fingerprint density at radius 2 is 1.81 bits per heavy atom. The normalized spacial score (nSPS) is 12.2. The van der Waals surface area contributed by atoms with Gasteiger partial charge in [-0.2, -0.15) is 0 Å². The van der Waals surface area contributed by atoms with E-state index in [9.17, 15) is 0 Å². The summed E-state index contributed by atoms with van der Waals surface area (Å²) in [6.07, 6.45) is 5.35. The van der Waals surface area contributed by atoms with Gasteiger partial charge in [0.1, 0.15) is 0 Å². The first-order valence-electron chi connectivity index (χ1n) is 7.48. The highest BCUT2D eigenvalue weighted by molar-refractivity contribution is 14.0. The smallest absolute Gasteiger partial charge is 0.191 e. The molecule has 0 unspecified atom stereocenters. The van der Waals surface area contributed by atoms with Gasteiger partial charge in [-0.15, -0.1) is 24.0 Å². The second-order valence-corrected chi connectivity index (χ2v) is 6.54. The molecule has 0 spiro atoms. The van der Waals surface area contributed by atoms with Crippen molar-refractivity contribution in [1.82, 2.24) is 15.2 Å². The second-order valence-electron chi connectivity index (χ2n) is 6.54. The monoisotopic (exact) mass is 406 g/mol. The molecule has 0 aliphatic rings. The first-order valence-corrected chi connectivity index (χ1v) is 7.48. The van der Waals surface area contributed by atoms with E-state index in [2.05, 4.69) is 60.3 Å². The molecule has 122 valence electrons. The van der Waals surface area contributed by atoms with Crippen LogP contribution in [-0.4, -0.2) is 30.7 Å². The quantitative estimate of drug-likeness (QED) is 0.414. The summed E-state index contributed by atoms with van der Waals surface area (Å²) in [6, 6.07) is 4.09. The van der Waals surface area contributed by atoms with E-state index in [1.165, 1.54) is 6.42 Å². The number of hydrogen-bond acceptors (Lipinski definition) is 1. The number of nitrogens with zero attached hydrogens (tertiary/aromatic N) is 2. The van der Waals surface area contributed by atoms with Gasteiger partial charge in [-0.3, -0.25) is 4.99 Å². The summed E-state index contributed by atoms with van der Waals surface area (Å²) < 4.78 is 2.16. The highest BCUT2D eigenvalue weighted by atomic mass is 127. The molecule has 1 aromatic rings. The summed E-state index contributed by atoms with van der Waals surface area (Å²) in [7, 11) is 1.82. The maximum atomic E-state index is 4.27. The maximum absolute atomic E-state index is 4.27. The minimum atomic E-state index is 0. The van der Waals surface area contributed by atoms with Crippen LogP contribution in [-0.2, 0) is 6.54 Å². The zero-order chi connectivity index (χ0) is 15.0. The summed E-state index contributed by atoms with van der Waals surface area (Å²) in [6.45, 7) is 11.9. The number of hydrogen-bond donors (Lipinski definition) is 2. The molecule has 0 saturated carbocycles. The molecule has 1 rings (SSSR count). The molecular formula is C16H31IN4. The van der Waals surface area contributed by atoms with Gasteiger partial charge in [0.2, 0.25) is 0 Å². The van der Waals surface area contributed by atoms with Gasteiger partial charge in [-0.25, -0.2) is 0 Å². The summed E-state index contributed by atoms with van der Waals surface area (Å²) >= 11 is 0. The van der Waals surface area contributed by atoms with Gasteiger partial charge in [-0.05, 0) is 29.9 Å². The standard InChI is InChI=1S/C16H30N4.HI/c1-14(2)12-16(3,4)13-19-15(17-5)18-8-11-20-9-6-7-10-20;/h6-7,9-10,14H,8,11-13H2,1-5H3,(H2,17,18,19);1H. The molecule has 1 aromatic heterocycles. The van der Waals surface area contributed by atoms with Gasteiger partial charge in [0.25, 0.3) is 0 Å². The number of halogens is 1. The van der Waals surface area contributed by atoms with Crippen molar-refractivity contribution < 1.29 is 0 Å². The molecule has 4 nitrogen and oxygen atoms in total. The Morgan fingerprint density at radius 1 is 1.19 bits per heavy atom. The van der Waals surface area contributed by atoms with Crippen LogP contribution in [0.5, 0.6) is 0 Å². The Balaban J connectivity index is 0.00000400. The van der Waals surface area contributed by atoms with E-state index >= 15 is 0 Å². The van der Waals surface area contributed by atoms with E-state index in [4.69, 9.17) is 0 Å². The number of nitrogens with one attached hydrogen (secondary N) is 2. The first kappa shape index (κ1) is 20.3. The molecule has 0 amide bonds. The molecule has 0 fully saturated rings. The fourth-order valence-electron chi connectivity index (χ4n) is 2.54. The van der Waals surface area contributed by atoms with E-state index in [1.54, 1.807) is 0 Å². The maximum Gasteiger partial charge on any atom is 0.191 e. The average Bonchev–Trinajstić information content (AvgIpc) is 2.85. The van der Waals surface area contributed by atoms with Crippen LogP contribution >= 0.6 is 24.0 Å². The van der Waals surface area contributed by atoms with Crippen molar-refractivity contribution in [2.24, 2.45) is 16.3 Å². The first-order chi connectivity index (χ1) is 9.43. The molecule has 21 heavy (non-hydrogen) atoms. The van der Waals surface area contributed by atoms with Crippen LogP contribution in [0.4, 0.5) is 0 Å². The number of rotatable bonds is 7. The van der Waals surface area contributed by atoms with Crippen LogP contribution in [0.25, 0.3) is 0 Å². The SMILES string of the molecule is CN=C(NCCn1cccc1)NCC(C)(C)CC(C)C.I. The Labute approximate surface area is 146 Å². The van der Waals surface area contributed by atoms with E-state index in [0.29, 0.717) is 0 Å². The van der Waals surface area contributed by atoms with Crippen molar-refractivity contribution in [3.8, 4) is 0 Å². The lowest BCUT2D eigenvalue weighted by Crippen LogP contribution is -2.43. The van der Waals surface area contributed by atoms with Gasteiger partial charge in [-0.1, -0.05) is 27.7 Å². The Hall–Kier alpha value is -0.720. The largest absolute Gasteiger partial charge is 0.356 e. The van der Waals surface area contributed by atoms with E-state index in [-0.39, 0.29) is 29.4 Å². The Kier molecular flexibility index (Phi) is 9.74. The third kappa shape index (κ3) is 9.01. The fraction of sp³-hybridized carbons (Fsp3) is 0.688. The summed E-state index contributed by atoms with van der Waals surface area (Å²) in [4.78, 5) is 4.27. The zero-order valence-corrected chi connectivity index (χ0v) is 16.3. The highest BCUT2D eigenvalue weighted by Gasteiger charge is 2.19. The van der Waals surface area contributed by atoms with Gasteiger partial charge in [0, 0.05) is 39.1 Å². The molecule has 0 aliphatic heterocycles. The molecule has 5 heteroatoms. The summed E-state index contributed by atoms with van der Waals surface area (Å²) in [5.41, 5.74) is 0.284. The number of guanidine groups is 1. The van der Waals surface area contributed by atoms with Gasteiger partial charge < -0.3 is 15.2 Å². The Bertz CT molecular complexity index is 396. The lowest BCUT2D eigenvalue weighted by Gasteiger charge is -2.28. The minimum absolute atomic E-state index is 0. The second kappa shape index (κ2) is 10.1. The predicted molar refractivity (Wildman–Crippen MR) is 102 cm³/mol. The fourth-order valence-corrected chi connectivity index (χ4v) is 2.54. The Morgan fingerprint density at radius 3 is 2.33 bits per heavy atom. The number of aromatic nitrogens is 1. The van der Waals surface area contributed by atoms with Crippen molar-refractivity contribution in [3.63, 3.8) is 0 Å². The van der Waals surface area contributed by atoms with Crippen molar-refractivity contribution in [1.29, 1.82) is 0 Å². The van der Waals surface area contributed by atoms with Crippen molar-refractivity contribution in [2.45, 2.75) is 40.7 Å². The molecule has 0 aromatic carbocycles. The molecule has 2 N–H and O–H groups in total. The van der Waals surface area contributed by atoms with Crippen LogP contribution in [0.3, 0.4) is 0 Å². The van der Waals surface area contributed by atoms with Crippen molar-refractivity contribution in [3.05, 3.63) is 24.5 Å².